The number of likely N-dealkylation sites (N-methyl/N-ethyl adjacent to an activating group) is 1. The highest BCUT2D eigenvalue weighted by Crippen LogP contribution is 2.18. The monoisotopic (exact) mass is 278 g/mol. The number of nitrogens with one attached hydrogen (secondary N) is 1. The molecule has 0 saturated carbocycles. The molecule has 1 rings (SSSR count). The summed E-state index contributed by atoms with van der Waals surface area (Å²) in [5.74, 6) is 0. The van der Waals surface area contributed by atoms with E-state index < -0.39 is 0 Å². The standard InChI is InChI=1S/C17H30N2O/c1-5-11-18-17(14-19(3)12-8-13-20-4)16-10-7-6-9-15(16)2/h6-7,9-10,17-18H,5,8,11-14H2,1-4H3. The Balaban J connectivity index is 2.62. The van der Waals surface area contributed by atoms with Gasteiger partial charge in [0.2, 0.25) is 0 Å². The fourth-order valence-corrected chi connectivity index (χ4v) is 2.45. The van der Waals surface area contributed by atoms with Gasteiger partial charge in [-0.1, -0.05) is 31.2 Å². The van der Waals surface area contributed by atoms with Crippen LogP contribution in [0.5, 0.6) is 0 Å². The Morgan fingerprint density at radius 2 is 2.05 bits per heavy atom. The lowest BCUT2D eigenvalue weighted by atomic mass is 10.0. The predicted molar refractivity (Wildman–Crippen MR) is 86.2 cm³/mol. The van der Waals surface area contributed by atoms with Crippen molar-refractivity contribution in [2.45, 2.75) is 32.7 Å². The zero-order valence-electron chi connectivity index (χ0n) is 13.5. The number of methoxy groups -OCH3 is 1. The maximum absolute atomic E-state index is 5.12. The van der Waals surface area contributed by atoms with Crippen LogP contribution >= 0.6 is 0 Å². The Labute approximate surface area is 124 Å². The van der Waals surface area contributed by atoms with Crippen molar-refractivity contribution in [3.63, 3.8) is 0 Å². The maximum atomic E-state index is 5.12. The molecule has 1 aromatic rings. The summed E-state index contributed by atoms with van der Waals surface area (Å²) in [5, 5.41) is 3.67. The number of nitrogens with zero attached hydrogens (tertiary/aromatic N) is 1. The third-order valence-electron chi connectivity index (χ3n) is 3.59. The highest BCUT2D eigenvalue weighted by atomic mass is 16.5. The zero-order chi connectivity index (χ0) is 14.8. The molecule has 0 saturated heterocycles. The molecule has 3 heteroatoms. The van der Waals surface area contributed by atoms with E-state index >= 15 is 0 Å². The minimum Gasteiger partial charge on any atom is -0.385 e. The van der Waals surface area contributed by atoms with Crippen molar-refractivity contribution in [2.75, 3.05) is 40.4 Å². The summed E-state index contributed by atoms with van der Waals surface area (Å²) >= 11 is 0. The van der Waals surface area contributed by atoms with Crippen LogP contribution in [-0.2, 0) is 4.74 Å². The highest BCUT2D eigenvalue weighted by molar-refractivity contribution is 5.29. The van der Waals surface area contributed by atoms with E-state index in [1.807, 2.05) is 0 Å². The number of rotatable bonds is 10. The quantitative estimate of drug-likeness (QED) is 0.666. The van der Waals surface area contributed by atoms with Gasteiger partial charge in [-0.05, 0) is 44.5 Å². The van der Waals surface area contributed by atoms with Crippen LogP contribution in [0.1, 0.15) is 36.9 Å². The predicted octanol–water partition coefficient (Wildman–Crippen LogP) is 3.00. The molecule has 1 N–H and O–H groups in total. The van der Waals surface area contributed by atoms with E-state index in [1.54, 1.807) is 7.11 Å². The number of benzene rings is 1. The molecule has 1 aromatic carbocycles. The van der Waals surface area contributed by atoms with Crippen molar-refractivity contribution in [2.24, 2.45) is 0 Å². The van der Waals surface area contributed by atoms with Crippen molar-refractivity contribution in [3.05, 3.63) is 35.4 Å². The second kappa shape index (κ2) is 9.92. The normalized spacial score (nSPS) is 12.8. The second-order valence-electron chi connectivity index (χ2n) is 5.47. The third kappa shape index (κ3) is 6.04. The van der Waals surface area contributed by atoms with Crippen molar-refractivity contribution in [1.82, 2.24) is 10.2 Å². The lowest BCUT2D eigenvalue weighted by Crippen LogP contribution is -2.34. The molecular formula is C17H30N2O. The second-order valence-corrected chi connectivity index (χ2v) is 5.47. The van der Waals surface area contributed by atoms with Gasteiger partial charge in [0.1, 0.15) is 0 Å². The van der Waals surface area contributed by atoms with Gasteiger partial charge in [0.05, 0.1) is 0 Å². The number of aryl methyl sites for hydroxylation is 1. The van der Waals surface area contributed by atoms with Crippen molar-refractivity contribution >= 4 is 0 Å². The molecule has 0 aromatic heterocycles. The lowest BCUT2D eigenvalue weighted by Gasteiger charge is -2.26. The van der Waals surface area contributed by atoms with E-state index in [-0.39, 0.29) is 0 Å². The SMILES string of the molecule is CCCNC(CN(C)CCCOC)c1ccccc1C. The summed E-state index contributed by atoms with van der Waals surface area (Å²) in [4.78, 5) is 2.39. The topological polar surface area (TPSA) is 24.5 Å². The third-order valence-corrected chi connectivity index (χ3v) is 3.59. The van der Waals surface area contributed by atoms with Gasteiger partial charge in [0.25, 0.3) is 0 Å². The van der Waals surface area contributed by atoms with Crippen LogP contribution in [0, 0.1) is 6.92 Å². The minimum atomic E-state index is 0.406. The van der Waals surface area contributed by atoms with E-state index in [0.29, 0.717) is 6.04 Å². The van der Waals surface area contributed by atoms with Gasteiger partial charge in [-0.25, -0.2) is 0 Å². The summed E-state index contributed by atoms with van der Waals surface area (Å²) in [7, 11) is 3.95. The molecule has 3 nitrogen and oxygen atoms in total. The van der Waals surface area contributed by atoms with E-state index in [4.69, 9.17) is 4.74 Å². The average Bonchev–Trinajstić information content (AvgIpc) is 2.44. The lowest BCUT2D eigenvalue weighted by molar-refractivity contribution is 0.176. The van der Waals surface area contributed by atoms with E-state index in [9.17, 15) is 0 Å². The van der Waals surface area contributed by atoms with Crippen LogP contribution in [-0.4, -0.2) is 45.3 Å². The summed E-state index contributed by atoms with van der Waals surface area (Å²) in [6.45, 7) is 8.41. The molecule has 0 fully saturated rings. The molecule has 1 unspecified atom stereocenters. The summed E-state index contributed by atoms with van der Waals surface area (Å²) < 4.78 is 5.12. The minimum absolute atomic E-state index is 0.406. The van der Waals surface area contributed by atoms with Gasteiger partial charge in [-0.15, -0.1) is 0 Å². The van der Waals surface area contributed by atoms with Gasteiger partial charge in [0, 0.05) is 32.8 Å². The maximum Gasteiger partial charge on any atom is 0.0474 e. The first kappa shape index (κ1) is 17.2. The number of hydrogen-bond acceptors (Lipinski definition) is 3. The van der Waals surface area contributed by atoms with Gasteiger partial charge < -0.3 is 15.0 Å². The first-order valence-electron chi connectivity index (χ1n) is 7.65. The summed E-state index contributed by atoms with van der Waals surface area (Å²) in [5.41, 5.74) is 2.78. The smallest absolute Gasteiger partial charge is 0.0474 e. The highest BCUT2D eigenvalue weighted by Gasteiger charge is 2.14. The Morgan fingerprint density at radius 1 is 1.30 bits per heavy atom. The molecule has 114 valence electrons. The Bertz CT molecular complexity index is 368. The molecule has 0 aliphatic rings. The average molecular weight is 278 g/mol. The van der Waals surface area contributed by atoms with Gasteiger partial charge in [-0.3, -0.25) is 0 Å². The van der Waals surface area contributed by atoms with E-state index in [1.165, 1.54) is 11.1 Å². The van der Waals surface area contributed by atoms with Gasteiger partial charge >= 0.3 is 0 Å². The first-order valence-corrected chi connectivity index (χ1v) is 7.65. The van der Waals surface area contributed by atoms with Crippen LogP contribution in [0.25, 0.3) is 0 Å². The number of hydrogen-bond donors (Lipinski definition) is 1. The van der Waals surface area contributed by atoms with Gasteiger partial charge in [0.15, 0.2) is 0 Å². The fraction of sp³-hybridized carbons (Fsp3) is 0.647. The van der Waals surface area contributed by atoms with E-state index in [2.05, 4.69) is 55.4 Å². The molecule has 20 heavy (non-hydrogen) atoms. The molecule has 0 amide bonds. The largest absolute Gasteiger partial charge is 0.385 e. The Hall–Kier alpha value is -0.900. The summed E-state index contributed by atoms with van der Waals surface area (Å²) in [6, 6.07) is 9.09. The molecule has 0 spiro atoms. The van der Waals surface area contributed by atoms with Crippen molar-refractivity contribution in [1.29, 1.82) is 0 Å². The van der Waals surface area contributed by atoms with Crippen LogP contribution in [0.4, 0.5) is 0 Å². The molecule has 0 aliphatic carbocycles. The van der Waals surface area contributed by atoms with Crippen molar-refractivity contribution in [3.8, 4) is 0 Å². The van der Waals surface area contributed by atoms with Crippen LogP contribution in [0.3, 0.4) is 0 Å². The molecule has 1 atom stereocenters. The summed E-state index contributed by atoms with van der Waals surface area (Å²) in [6.07, 6.45) is 2.25. The molecule has 0 radical (unpaired) electrons. The van der Waals surface area contributed by atoms with Crippen LogP contribution < -0.4 is 5.32 Å². The molecular weight excluding hydrogens is 248 g/mol. The Morgan fingerprint density at radius 3 is 2.70 bits per heavy atom. The zero-order valence-corrected chi connectivity index (χ0v) is 13.5. The van der Waals surface area contributed by atoms with Crippen LogP contribution in [0.15, 0.2) is 24.3 Å². The van der Waals surface area contributed by atoms with E-state index in [0.717, 1.165) is 39.1 Å². The molecule has 0 aliphatic heterocycles. The van der Waals surface area contributed by atoms with Gasteiger partial charge in [-0.2, -0.15) is 0 Å². The Kier molecular flexibility index (Phi) is 8.51. The first-order chi connectivity index (χ1) is 9.69. The fourth-order valence-electron chi connectivity index (χ4n) is 2.45. The van der Waals surface area contributed by atoms with Crippen LogP contribution in [0.2, 0.25) is 0 Å². The molecule has 0 heterocycles. The molecule has 0 bridgehead atoms. The number of ether oxygens (including phenoxy) is 1. The van der Waals surface area contributed by atoms with Crippen molar-refractivity contribution < 1.29 is 4.74 Å².